The number of fused-ring (bicyclic) bond motifs is 1. The minimum Gasteiger partial charge on any atom is -0.376 e. The van der Waals surface area contributed by atoms with Crippen molar-refractivity contribution in [1.29, 1.82) is 0 Å². The Morgan fingerprint density at radius 1 is 1.72 bits per heavy atom. The van der Waals surface area contributed by atoms with Crippen LogP contribution < -0.4 is 0 Å². The van der Waals surface area contributed by atoms with E-state index in [0.29, 0.717) is 6.42 Å². The molecule has 1 fully saturated rings. The van der Waals surface area contributed by atoms with Crippen LogP contribution >= 0.6 is 0 Å². The van der Waals surface area contributed by atoms with E-state index in [1.807, 2.05) is 6.92 Å². The first-order valence-corrected chi connectivity index (χ1v) is 6.10. The van der Waals surface area contributed by atoms with Crippen molar-refractivity contribution in [3.05, 3.63) is 0 Å². The van der Waals surface area contributed by atoms with Gasteiger partial charge in [0, 0.05) is 6.42 Å². The van der Waals surface area contributed by atoms with Gasteiger partial charge in [0.05, 0.1) is 17.3 Å². The molecule has 0 spiro atoms. The number of hydrogen-bond acceptors (Lipinski definition) is 5. The van der Waals surface area contributed by atoms with Crippen LogP contribution in [0.15, 0.2) is 10.3 Å². The molecule has 18 heavy (non-hydrogen) atoms. The largest absolute Gasteiger partial charge is 0.381 e. The molecule has 0 radical (unpaired) electrons. The summed E-state index contributed by atoms with van der Waals surface area (Å²) < 4.78 is 12.9. The molecule has 1 aliphatic carbocycles. The fourth-order valence-corrected chi connectivity index (χ4v) is 2.39. The third-order valence-electron chi connectivity index (χ3n) is 3.65. The average Bonchev–Trinajstić information content (AvgIpc) is 2.88. The summed E-state index contributed by atoms with van der Waals surface area (Å²) in [7, 11) is 0. The van der Waals surface area contributed by atoms with Crippen LogP contribution in [0.2, 0.25) is 0 Å². The van der Waals surface area contributed by atoms with E-state index in [4.69, 9.17) is 9.68 Å². The van der Waals surface area contributed by atoms with E-state index in [2.05, 4.69) is 10.3 Å². The second-order valence-electron chi connectivity index (χ2n) is 4.89. The molecule has 0 N–H and O–H groups in total. The molecule has 100 valence electrons. The summed E-state index contributed by atoms with van der Waals surface area (Å²) in [6, 6.07) is 0. The van der Waals surface area contributed by atoms with E-state index in [9.17, 15) is 9.18 Å². The molecule has 0 aromatic carbocycles. The maximum Gasteiger partial charge on any atom is 0.381 e. The van der Waals surface area contributed by atoms with Crippen LogP contribution in [0.25, 0.3) is 0 Å². The number of alkyl halides is 1. The Morgan fingerprint density at radius 3 is 3.11 bits per heavy atom. The summed E-state index contributed by atoms with van der Waals surface area (Å²) in [4.78, 5) is 22.2. The number of nitrogens with zero attached hydrogens (tertiary/aromatic N) is 2. The summed E-state index contributed by atoms with van der Waals surface area (Å²) in [6.07, 6.45) is 1.07. The Balaban J connectivity index is 2.08. The van der Waals surface area contributed by atoms with Gasteiger partial charge >= 0.3 is 5.97 Å². The second kappa shape index (κ2) is 4.66. The SMILES string of the molecule is CC1=NOC2(C(=O)O/N=C(\C)C(C)F)CCCC12. The molecule has 0 amide bonds. The zero-order chi connectivity index (χ0) is 13.3. The first-order valence-electron chi connectivity index (χ1n) is 6.10. The number of carbonyl (C=O) groups is 1. The van der Waals surface area contributed by atoms with Gasteiger partial charge in [0.25, 0.3) is 0 Å². The van der Waals surface area contributed by atoms with Crippen molar-refractivity contribution >= 4 is 17.4 Å². The van der Waals surface area contributed by atoms with E-state index in [0.717, 1.165) is 18.6 Å². The van der Waals surface area contributed by atoms with E-state index >= 15 is 0 Å². The highest BCUT2D eigenvalue weighted by molar-refractivity contribution is 5.95. The molecular formula is C12H17FN2O3. The van der Waals surface area contributed by atoms with Crippen LogP contribution in [0.3, 0.4) is 0 Å². The zero-order valence-electron chi connectivity index (χ0n) is 10.8. The van der Waals surface area contributed by atoms with Gasteiger partial charge in [-0.2, -0.15) is 0 Å². The van der Waals surface area contributed by atoms with Gasteiger partial charge in [0.1, 0.15) is 6.17 Å². The van der Waals surface area contributed by atoms with E-state index in [-0.39, 0.29) is 11.6 Å². The van der Waals surface area contributed by atoms with Gasteiger partial charge in [-0.3, -0.25) is 0 Å². The van der Waals surface area contributed by atoms with Crippen molar-refractivity contribution < 1.29 is 18.9 Å². The van der Waals surface area contributed by atoms with E-state index in [1.54, 1.807) is 0 Å². The van der Waals surface area contributed by atoms with Gasteiger partial charge in [-0.25, -0.2) is 9.18 Å². The predicted molar refractivity (Wildman–Crippen MR) is 64.0 cm³/mol. The monoisotopic (exact) mass is 256 g/mol. The highest BCUT2D eigenvalue weighted by atomic mass is 19.1. The molecule has 6 heteroatoms. The second-order valence-corrected chi connectivity index (χ2v) is 4.89. The topological polar surface area (TPSA) is 60.2 Å². The van der Waals surface area contributed by atoms with Crippen molar-refractivity contribution in [2.45, 2.75) is 51.8 Å². The first-order chi connectivity index (χ1) is 8.47. The normalized spacial score (nSPS) is 32.6. The van der Waals surface area contributed by atoms with Gasteiger partial charge in [0.2, 0.25) is 5.60 Å². The van der Waals surface area contributed by atoms with Gasteiger partial charge in [-0.15, -0.1) is 0 Å². The first kappa shape index (κ1) is 13.0. The predicted octanol–water partition coefficient (Wildman–Crippen LogP) is 2.21. The van der Waals surface area contributed by atoms with Crippen molar-refractivity contribution in [2.75, 3.05) is 0 Å². The third kappa shape index (κ3) is 2.00. The van der Waals surface area contributed by atoms with Crippen LogP contribution in [0, 0.1) is 5.92 Å². The van der Waals surface area contributed by atoms with Crippen LogP contribution in [0.5, 0.6) is 0 Å². The lowest BCUT2D eigenvalue weighted by atomic mass is 9.88. The number of halogens is 1. The molecule has 5 nitrogen and oxygen atoms in total. The van der Waals surface area contributed by atoms with Crippen molar-refractivity contribution in [3.63, 3.8) is 0 Å². The van der Waals surface area contributed by atoms with Crippen molar-refractivity contribution in [3.8, 4) is 0 Å². The van der Waals surface area contributed by atoms with E-state index in [1.165, 1.54) is 13.8 Å². The molecule has 2 rings (SSSR count). The lowest BCUT2D eigenvalue weighted by Gasteiger charge is -2.22. The minimum absolute atomic E-state index is 0.0386. The summed E-state index contributed by atoms with van der Waals surface area (Å²) in [5.41, 5.74) is -0.0955. The van der Waals surface area contributed by atoms with Crippen molar-refractivity contribution in [2.24, 2.45) is 16.2 Å². The molecule has 2 aliphatic rings. The standard InChI is InChI=1S/C12H17FN2O3/c1-7(13)8(2)14-17-11(16)12-6-4-5-10(12)9(3)15-18-12/h7,10H,4-6H2,1-3H3/b14-8+. The Hall–Kier alpha value is -1.46. The summed E-state index contributed by atoms with van der Waals surface area (Å²) in [6.45, 7) is 4.64. The fourth-order valence-electron chi connectivity index (χ4n) is 2.39. The van der Waals surface area contributed by atoms with Gasteiger partial charge in [0.15, 0.2) is 0 Å². The highest BCUT2D eigenvalue weighted by Crippen LogP contribution is 2.44. The number of carbonyl (C=O) groups excluding carboxylic acids is 1. The Bertz CT molecular complexity index is 420. The van der Waals surface area contributed by atoms with Crippen LogP contribution in [-0.4, -0.2) is 29.2 Å². The highest BCUT2D eigenvalue weighted by Gasteiger charge is 2.58. The molecule has 0 saturated heterocycles. The van der Waals surface area contributed by atoms with Crippen LogP contribution in [0.1, 0.15) is 40.0 Å². The number of hydrogen-bond donors (Lipinski definition) is 0. The molecule has 1 aliphatic heterocycles. The third-order valence-corrected chi connectivity index (χ3v) is 3.65. The quantitative estimate of drug-likeness (QED) is 0.442. The van der Waals surface area contributed by atoms with Crippen LogP contribution in [-0.2, 0) is 14.5 Å². The lowest BCUT2D eigenvalue weighted by Crippen LogP contribution is -2.43. The molecule has 3 atom stereocenters. The molecule has 0 aromatic heterocycles. The van der Waals surface area contributed by atoms with Gasteiger partial charge < -0.3 is 9.68 Å². The molecular weight excluding hydrogens is 239 g/mol. The van der Waals surface area contributed by atoms with Crippen LogP contribution in [0.4, 0.5) is 4.39 Å². The Labute approximate surface area is 105 Å². The Kier molecular flexibility index (Phi) is 3.36. The minimum atomic E-state index is -1.24. The molecule has 0 aromatic rings. The smallest absolute Gasteiger partial charge is 0.376 e. The molecule has 0 bridgehead atoms. The molecule has 3 unspecified atom stereocenters. The van der Waals surface area contributed by atoms with E-state index < -0.39 is 17.7 Å². The molecule has 1 saturated carbocycles. The number of rotatable bonds is 3. The number of oxime groups is 2. The lowest BCUT2D eigenvalue weighted by molar-refractivity contribution is -0.172. The maximum atomic E-state index is 12.9. The average molecular weight is 256 g/mol. The van der Waals surface area contributed by atoms with Gasteiger partial charge in [-0.1, -0.05) is 10.3 Å². The Morgan fingerprint density at radius 2 is 2.44 bits per heavy atom. The van der Waals surface area contributed by atoms with Gasteiger partial charge in [-0.05, 0) is 33.6 Å². The van der Waals surface area contributed by atoms with Crippen molar-refractivity contribution in [1.82, 2.24) is 0 Å². The summed E-state index contributed by atoms with van der Waals surface area (Å²) in [5.74, 6) is -0.617. The molecule has 1 heterocycles. The summed E-state index contributed by atoms with van der Waals surface area (Å²) in [5, 5.41) is 7.38. The zero-order valence-corrected chi connectivity index (χ0v) is 10.8. The maximum absolute atomic E-state index is 12.9. The summed E-state index contributed by atoms with van der Waals surface area (Å²) >= 11 is 0. The fraction of sp³-hybridized carbons (Fsp3) is 0.750.